The summed E-state index contributed by atoms with van der Waals surface area (Å²) in [6.07, 6.45) is 11.9. The number of nitrogens with zero attached hydrogens (tertiary/aromatic N) is 3. The first-order valence-electron chi connectivity index (χ1n) is 6.58. The SMILES string of the molecule is C=CN=CCCc1ccncc1[C@@H]1CCCN1C. The molecule has 1 aliphatic heterocycles. The molecule has 3 heteroatoms. The van der Waals surface area contributed by atoms with Crippen molar-refractivity contribution in [2.45, 2.75) is 31.7 Å². The summed E-state index contributed by atoms with van der Waals surface area (Å²) in [5.41, 5.74) is 2.80. The van der Waals surface area contributed by atoms with Crippen molar-refractivity contribution in [1.29, 1.82) is 0 Å². The molecular formula is C15H21N3. The Hall–Kier alpha value is -1.48. The number of hydrogen-bond acceptors (Lipinski definition) is 3. The Morgan fingerprint density at radius 3 is 3.22 bits per heavy atom. The van der Waals surface area contributed by atoms with Crippen LogP contribution >= 0.6 is 0 Å². The first-order chi connectivity index (χ1) is 8.83. The van der Waals surface area contributed by atoms with E-state index in [1.165, 1.54) is 30.5 Å². The van der Waals surface area contributed by atoms with E-state index in [2.05, 4.69) is 34.6 Å². The number of aliphatic imine (C=N–C) groups is 1. The molecule has 96 valence electrons. The van der Waals surface area contributed by atoms with Gasteiger partial charge in [-0.3, -0.25) is 14.9 Å². The minimum absolute atomic E-state index is 0.546. The highest BCUT2D eigenvalue weighted by atomic mass is 15.1. The van der Waals surface area contributed by atoms with Crippen molar-refractivity contribution in [3.05, 3.63) is 42.4 Å². The summed E-state index contributed by atoms with van der Waals surface area (Å²) in [5, 5.41) is 0. The molecule has 0 amide bonds. The zero-order valence-electron chi connectivity index (χ0n) is 11.0. The van der Waals surface area contributed by atoms with E-state index in [-0.39, 0.29) is 0 Å². The average Bonchev–Trinajstić information content (AvgIpc) is 2.81. The molecule has 0 unspecified atom stereocenters. The van der Waals surface area contributed by atoms with E-state index in [4.69, 9.17) is 0 Å². The summed E-state index contributed by atoms with van der Waals surface area (Å²) in [4.78, 5) is 10.8. The normalized spacial score (nSPS) is 20.6. The molecule has 0 radical (unpaired) electrons. The Balaban J connectivity index is 2.09. The smallest absolute Gasteiger partial charge is 0.0363 e. The highest BCUT2D eigenvalue weighted by molar-refractivity contribution is 5.58. The molecule has 1 fully saturated rings. The molecule has 0 spiro atoms. The molecule has 2 rings (SSSR count). The van der Waals surface area contributed by atoms with Gasteiger partial charge in [-0.05, 0) is 56.5 Å². The van der Waals surface area contributed by atoms with Gasteiger partial charge in [-0.2, -0.15) is 0 Å². The Morgan fingerprint density at radius 1 is 1.61 bits per heavy atom. The fraction of sp³-hybridized carbons (Fsp3) is 0.467. The van der Waals surface area contributed by atoms with Crippen LogP contribution in [-0.2, 0) is 6.42 Å². The largest absolute Gasteiger partial charge is 0.299 e. The van der Waals surface area contributed by atoms with Crippen LogP contribution in [0.5, 0.6) is 0 Å². The third-order valence-corrected chi connectivity index (χ3v) is 3.58. The predicted molar refractivity (Wildman–Crippen MR) is 75.9 cm³/mol. The van der Waals surface area contributed by atoms with Crippen LogP contribution in [0.3, 0.4) is 0 Å². The molecule has 0 bridgehead atoms. The molecule has 2 heterocycles. The molecule has 18 heavy (non-hydrogen) atoms. The van der Waals surface area contributed by atoms with Gasteiger partial charge in [-0.1, -0.05) is 6.58 Å². The predicted octanol–water partition coefficient (Wildman–Crippen LogP) is 3.00. The van der Waals surface area contributed by atoms with Crippen LogP contribution in [0.4, 0.5) is 0 Å². The first-order valence-corrected chi connectivity index (χ1v) is 6.58. The van der Waals surface area contributed by atoms with Gasteiger partial charge in [0.2, 0.25) is 0 Å². The molecule has 0 aliphatic carbocycles. The van der Waals surface area contributed by atoms with Gasteiger partial charge in [-0.25, -0.2) is 0 Å². The van der Waals surface area contributed by atoms with Gasteiger partial charge in [0.25, 0.3) is 0 Å². The van der Waals surface area contributed by atoms with Crippen molar-refractivity contribution >= 4 is 6.21 Å². The van der Waals surface area contributed by atoms with Crippen LogP contribution in [0.1, 0.15) is 36.4 Å². The highest BCUT2D eigenvalue weighted by Crippen LogP contribution is 2.32. The van der Waals surface area contributed by atoms with E-state index in [1.807, 2.05) is 18.6 Å². The van der Waals surface area contributed by atoms with Gasteiger partial charge in [-0.15, -0.1) is 0 Å². The van der Waals surface area contributed by atoms with Crippen LogP contribution < -0.4 is 0 Å². The van der Waals surface area contributed by atoms with Crippen molar-refractivity contribution < 1.29 is 0 Å². The van der Waals surface area contributed by atoms with Crippen molar-refractivity contribution in [3.63, 3.8) is 0 Å². The third-order valence-electron chi connectivity index (χ3n) is 3.58. The van der Waals surface area contributed by atoms with Crippen LogP contribution in [0, 0.1) is 0 Å². The lowest BCUT2D eigenvalue weighted by molar-refractivity contribution is 0.315. The fourth-order valence-corrected chi connectivity index (χ4v) is 2.64. The lowest BCUT2D eigenvalue weighted by Crippen LogP contribution is -2.19. The minimum Gasteiger partial charge on any atom is -0.299 e. The van der Waals surface area contributed by atoms with Gasteiger partial charge in [0.1, 0.15) is 0 Å². The van der Waals surface area contributed by atoms with Crippen molar-refractivity contribution in [3.8, 4) is 0 Å². The van der Waals surface area contributed by atoms with Crippen LogP contribution in [0.2, 0.25) is 0 Å². The fourth-order valence-electron chi connectivity index (χ4n) is 2.64. The second-order valence-electron chi connectivity index (χ2n) is 4.77. The summed E-state index contributed by atoms with van der Waals surface area (Å²) in [6.45, 7) is 4.77. The quantitative estimate of drug-likeness (QED) is 0.744. The van der Waals surface area contributed by atoms with Gasteiger partial charge in [0, 0.05) is 30.9 Å². The van der Waals surface area contributed by atoms with Crippen molar-refractivity contribution in [1.82, 2.24) is 9.88 Å². The summed E-state index contributed by atoms with van der Waals surface area (Å²) in [5.74, 6) is 0. The molecule has 3 nitrogen and oxygen atoms in total. The maximum Gasteiger partial charge on any atom is 0.0363 e. The lowest BCUT2D eigenvalue weighted by atomic mass is 9.98. The van der Waals surface area contributed by atoms with E-state index in [1.54, 1.807) is 6.20 Å². The monoisotopic (exact) mass is 243 g/mol. The summed E-state index contributed by atoms with van der Waals surface area (Å²) >= 11 is 0. The van der Waals surface area contributed by atoms with E-state index in [0.717, 1.165) is 12.8 Å². The number of rotatable bonds is 5. The summed E-state index contributed by atoms with van der Waals surface area (Å²) in [7, 11) is 2.20. The summed E-state index contributed by atoms with van der Waals surface area (Å²) < 4.78 is 0. The molecule has 1 aromatic rings. The van der Waals surface area contributed by atoms with Crippen LogP contribution in [0.15, 0.2) is 36.2 Å². The molecule has 1 saturated heterocycles. The number of likely N-dealkylation sites (tertiary alicyclic amines) is 1. The van der Waals surface area contributed by atoms with E-state index < -0.39 is 0 Å². The Kier molecular flexibility index (Phi) is 4.65. The molecule has 0 aromatic carbocycles. The standard InChI is InChI=1S/C15H21N3/c1-3-16-9-4-6-13-8-10-17-12-14(13)15-7-5-11-18(15)2/h3,8-10,12,15H,1,4-7,11H2,2H3/t15-/m0/s1. The first kappa shape index (κ1) is 13.0. The topological polar surface area (TPSA) is 28.5 Å². The van der Waals surface area contributed by atoms with E-state index in [9.17, 15) is 0 Å². The molecular weight excluding hydrogens is 222 g/mol. The van der Waals surface area contributed by atoms with Crippen molar-refractivity contribution in [2.24, 2.45) is 4.99 Å². The second kappa shape index (κ2) is 6.45. The van der Waals surface area contributed by atoms with Gasteiger partial charge < -0.3 is 0 Å². The molecule has 0 N–H and O–H groups in total. The third kappa shape index (κ3) is 3.05. The molecule has 0 saturated carbocycles. The second-order valence-corrected chi connectivity index (χ2v) is 4.77. The molecule has 1 aliphatic rings. The zero-order valence-corrected chi connectivity index (χ0v) is 11.0. The number of aryl methyl sites for hydroxylation is 1. The highest BCUT2D eigenvalue weighted by Gasteiger charge is 2.24. The van der Waals surface area contributed by atoms with Crippen LogP contribution in [0.25, 0.3) is 0 Å². The molecule has 1 aromatic heterocycles. The maximum atomic E-state index is 4.29. The zero-order chi connectivity index (χ0) is 12.8. The number of hydrogen-bond donors (Lipinski definition) is 0. The van der Waals surface area contributed by atoms with Gasteiger partial charge in [0.15, 0.2) is 0 Å². The average molecular weight is 243 g/mol. The van der Waals surface area contributed by atoms with E-state index >= 15 is 0 Å². The van der Waals surface area contributed by atoms with Gasteiger partial charge >= 0.3 is 0 Å². The Morgan fingerprint density at radius 2 is 2.50 bits per heavy atom. The summed E-state index contributed by atoms with van der Waals surface area (Å²) in [6, 6.07) is 2.69. The van der Waals surface area contributed by atoms with Crippen molar-refractivity contribution in [2.75, 3.05) is 13.6 Å². The van der Waals surface area contributed by atoms with Crippen LogP contribution in [-0.4, -0.2) is 29.7 Å². The lowest BCUT2D eigenvalue weighted by Gasteiger charge is -2.22. The number of pyridine rings is 1. The minimum atomic E-state index is 0.546. The van der Waals surface area contributed by atoms with E-state index in [0.29, 0.717) is 6.04 Å². The van der Waals surface area contributed by atoms with Gasteiger partial charge in [0.05, 0.1) is 0 Å². The molecule has 1 atom stereocenters. The Bertz CT molecular complexity index is 426. The Labute approximate surface area is 109 Å². The number of aromatic nitrogens is 1. The maximum absolute atomic E-state index is 4.29.